The van der Waals surface area contributed by atoms with Crippen molar-refractivity contribution < 1.29 is 46.8 Å². The molecule has 0 bridgehead atoms. The van der Waals surface area contributed by atoms with Crippen molar-refractivity contribution in [1.29, 1.82) is 0 Å². The molecular weight excluding hydrogens is 640 g/mol. The van der Waals surface area contributed by atoms with Crippen molar-refractivity contribution in [2.45, 2.75) is 48.7 Å². The van der Waals surface area contributed by atoms with Crippen molar-refractivity contribution in [3.05, 3.63) is 28.9 Å². The first-order chi connectivity index (χ1) is 20.8. The molecule has 2 aliphatic rings. The summed E-state index contributed by atoms with van der Waals surface area (Å²) in [6, 6.07) is 1.41. The highest BCUT2D eigenvalue weighted by atomic mass is 32.5. The number of rotatable bonds is 9. The number of hydrogen-bond acceptors (Lipinski definition) is 15. The molecule has 238 valence electrons. The maximum Gasteiger partial charge on any atom is 0.325 e. The SMILES string of the molecule is Nc1nc2c(nnn2[C@@H]2O[C@@](CO)(CF)C[C@H]2OP(O)(=S)OC[C@H]2O[C@@H](n3ccc4c(N)ncnc43)C(F)(F)[C@@H]2O)c(=O)[nH]1. The van der Waals surface area contributed by atoms with E-state index in [1.807, 2.05) is 0 Å². The molecule has 0 saturated carbocycles. The maximum atomic E-state index is 15.2. The normalized spacial score (nSPS) is 29.9. The summed E-state index contributed by atoms with van der Waals surface area (Å²) in [5.41, 5.74) is 8.40. The van der Waals surface area contributed by atoms with Crippen LogP contribution in [0.4, 0.5) is 24.9 Å². The number of aliphatic hydroxyl groups excluding tert-OH is 2. The maximum absolute atomic E-state index is 15.2. The number of nitrogens with two attached hydrogens (primary N) is 2. The first-order valence-corrected chi connectivity index (χ1v) is 15.3. The quantitative estimate of drug-likeness (QED) is 0.120. The molecule has 2 fully saturated rings. The fourth-order valence-corrected chi connectivity index (χ4v) is 6.49. The lowest BCUT2D eigenvalue weighted by molar-refractivity contribution is -0.138. The summed E-state index contributed by atoms with van der Waals surface area (Å²) in [4.78, 5) is 37.0. The molecule has 1 unspecified atom stereocenters. The van der Waals surface area contributed by atoms with Gasteiger partial charge >= 0.3 is 12.6 Å². The van der Waals surface area contributed by atoms with Crippen LogP contribution in [0.15, 0.2) is 23.4 Å². The van der Waals surface area contributed by atoms with Gasteiger partial charge in [-0.25, -0.2) is 14.4 Å². The van der Waals surface area contributed by atoms with Gasteiger partial charge in [-0.3, -0.25) is 9.78 Å². The number of ether oxygens (including phenoxy) is 2. The number of halogens is 3. The highest BCUT2D eigenvalue weighted by Gasteiger charge is 2.60. The molecule has 6 heterocycles. The Bertz CT molecular complexity index is 1820. The number of anilines is 2. The van der Waals surface area contributed by atoms with E-state index in [2.05, 4.69) is 30.2 Å². The van der Waals surface area contributed by atoms with Crippen LogP contribution in [0, 0.1) is 0 Å². The molecule has 0 aliphatic carbocycles. The van der Waals surface area contributed by atoms with Crippen molar-refractivity contribution in [3.63, 3.8) is 0 Å². The summed E-state index contributed by atoms with van der Waals surface area (Å²) in [5.74, 6) is -4.11. The molecule has 2 aliphatic heterocycles. The Hall–Kier alpha value is -3.34. The molecule has 2 saturated heterocycles. The second-order valence-corrected chi connectivity index (χ2v) is 12.9. The molecule has 6 rings (SSSR count). The van der Waals surface area contributed by atoms with Crippen molar-refractivity contribution >= 4 is 52.5 Å². The Morgan fingerprint density at radius 3 is 2.80 bits per heavy atom. The largest absolute Gasteiger partial charge is 0.393 e. The van der Waals surface area contributed by atoms with Crippen molar-refractivity contribution in [1.82, 2.24) is 39.5 Å². The van der Waals surface area contributed by atoms with E-state index in [-0.39, 0.29) is 34.0 Å². The number of nitrogens with one attached hydrogen (secondary N) is 1. The lowest BCUT2D eigenvalue weighted by Gasteiger charge is -2.25. The van der Waals surface area contributed by atoms with E-state index in [1.165, 1.54) is 12.3 Å². The van der Waals surface area contributed by atoms with Gasteiger partial charge < -0.3 is 49.7 Å². The Morgan fingerprint density at radius 2 is 2.07 bits per heavy atom. The number of aliphatic hydroxyl groups is 2. The highest BCUT2D eigenvalue weighted by Crippen LogP contribution is 2.52. The van der Waals surface area contributed by atoms with E-state index in [4.69, 9.17) is 41.8 Å². The van der Waals surface area contributed by atoms with Gasteiger partial charge in [-0.2, -0.15) is 18.4 Å². The molecule has 4 aromatic heterocycles. The van der Waals surface area contributed by atoms with Crippen LogP contribution in [-0.4, -0.2) is 104 Å². The average molecular weight is 665 g/mol. The Kier molecular flexibility index (Phi) is 7.62. The van der Waals surface area contributed by atoms with Gasteiger partial charge in [-0.1, -0.05) is 5.21 Å². The van der Waals surface area contributed by atoms with E-state index < -0.39 is 80.9 Å². The van der Waals surface area contributed by atoms with Crippen LogP contribution >= 0.6 is 6.72 Å². The summed E-state index contributed by atoms with van der Waals surface area (Å²) in [6.07, 6.45) is -7.09. The lowest BCUT2D eigenvalue weighted by atomic mass is 10.0. The van der Waals surface area contributed by atoms with Gasteiger partial charge in [0, 0.05) is 12.6 Å². The smallest absolute Gasteiger partial charge is 0.325 e. The minimum Gasteiger partial charge on any atom is -0.393 e. The van der Waals surface area contributed by atoms with E-state index in [1.54, 1.807) is 0 Å². The van der Waals surface area contributed by atoms with Crippen molar-refractivity contribution in [2.24, 2.45) is 0 Å². The molecule has 0 amide bonds. The summed E-state index contributed by atoms with van der Waals surface area (Å²) in [7, 11) is 0. The van der Waals surface area contributed by atoms with Gasteiger partial charge in [-0.15, -0.1) is 5.10 Å². The molecule has 7 atom stereocenters. The zero-order valence-electron chi connectivity index (χ0n) is 22.1. The van der Waals surface area contributed by atoms with E-state index >= 15 is 8.78 Å². The number of aromatic amines is 1. The number of nitrogens with zero attached hydrogens (tertiary/aromatic N) is 7. The Labute approximate surface area is 248 Å². The summed E-state index contributed by atoms with van der Waals surface area (Å²) < 4.78 is 68.3. The Morgan fingerprint density at radius 1 is 1.30 bits per heavy atom. The fourth-order valence-electron chi connectivity index (χ4n) is 5.06. The monoisotopic (exact) mass is 664 g/mol. The first-order valence-electron chi connectivity index (χ1n) is 12.7. The number of H-pyrrole nitrogens is 1. The standard InChI is InChI=1S/C21H24F3N10O8PS/c22-5-20(6-35)3-9(17(41-20)34-15-11(31-32-34)16(37)30-19(26)29-15)42-43(38,44)39-4-10-12(36)21(23,24)18(40-10)33-2-1-8-13(25)27-7-28-14(8)33/h1-2,7,9-10,12,17-18,35-36H,3-6H2,(H,38,44)(H2,25,27,28)(H3,26,29,30,37)/t9-,10-,12-,17-,18-,20-,43?/m1/s1. The molecule has 4 aromatic rings. The molecule has 18 nitrogen and oxygen atoms in total. The predicted molar refractivity (Wildman–Crippen MR) is 145 cm³/mol. The predicted octanol–water partition coefficient (Wildman–Crippen LogP) is -0.744. The molecule has 0 spiro atoms. The number of nitrogen functional groups attached to an aromatic ring is 2. The fraction of sp³-hybridized carbons (Fsp3) is 0.524. The Balaban J connectivity index is 1.21. The number of alkyl halides is 3. The van der Waals surface area contributed by atoms with Gasteiger partial charge in [0.2, 0.25) is 12.2 Å². The number of fused-ring (bicyclic) bond motifs is 2. The topological polar surface area (TPSA) is 257 Å². The molecule has 23 heteroatoms. The van der Waals surface area contributed by atoms with Crippen LogP contribution in [0.1, 0.15) is 18.9 Å². The van der Waals surface area contributed by atoms with Crippen LogP contribution in [0.3, 0.4) is 0 Å². The van der Waals surface area contributed by atoms with E-state index in [0.717, 1.165) is 15.6 Å². The molecule has 8 N–H and O–H groups in total. The van der Waals surface area contributed by atoms with Crippen LogP contribution in [-0.2, 0) is 30.3 Å². The zero-order valence-corrected chi connectivity index (χ0v) is 23.8. The van der Waals surface area contributed by atoms with Crippen molar-refractivity contribution in [2.75, 3.05) is 31.4 Å². The number of hydrogen-bond donors (Lipinski definition) is 6. The van der Waals surface area contributed by atoms with Gasteiger partial charge in [0.1, 0.15) is 42.3 Å². The van der Waals surface area contributed by atoms with Gasteiger partial charge in [0.15, 0.2) is 23.5 Å². The van der Waals surface area contributed by atoms with Crippen molar-refractivity contribution in [3.8, 4) is 0 Å². The molecule has 0 aromatic carbocycles. The minimum absolute atomic E-state index is 0.0259. The zero-order chi connectivity index (χ0) is 31.6. The molecular formula is C21H24F3N10O8PS. The average Bonchev–Trinajstić information content (AvgIpc) is 3.72. The van der Waals surface area contributed by atoms with Crippen LogP contribution < -0.4 is 17.0 Å². The van der Waals surface area contributed by atoms with Gasteiger partial charge in [0.25, 0.3) is 5.56 Å². The lowest BCUT2D eigenvalue weighted by Crippen LogP contribution is -2.39. The highest BCUT2D eigenvalue weighted by molar-refractivity contribution is 8.07. The van der Waals surface area contributed by atoms with Gasteiger partial charge in [-0.05, 0) is 17.9 Å². The number of aromatic nitrogens is 8. The third-order valence-electron chi connectivity index (χ3n) is 7.23. The first kappa shape index (κ1) is 30.7. The van der Waals surface area contributed by atoms with E-state index in [0.29, 0.717) is 0 Å². The summed E-state index contributed by atoms with van der Waals surface area (Å²) in [5, 5.41) is 28.1. The van der Waals surface area contributed by atoms with Crippen LogP contribution in [0.25, 0.3) is 22.2 Å². The van der Waals surface area contributed by atoms with Crippen LogP contribution in [0.2, 0.25) is 0 Å². The van der Waals surface area contributed by atoms with Crippen LogP contribution in [0.5, 0.6) is 0 Å². The third-order valence-corrected chi connectivity index (χ3v) is 8.82. The second-order valence-electron chi connectivity index (χ2n) is 10.1. The summed E-state index contributed by atoms with van der Waals surface area (Å²) in [6.45, 7) is -7.29. The minimum atomic E-state index is -4.39. The molecule has 0 radical (unpaired) electrons. The third kappa shape index (κ3) is 5.10. The molecule has 44 heavy (non-hydrogen) atoms. The summed E-state index contributed by atoms with van der Waals surface area (Å²) >= 11 is 5.08. The van der Waals surface area contributed by atoms with Gasteiger partial charge in [0.05, 0.1) is 18.6 Å². The van der Waals surface area contributed by atoms with E-state index in [9.17, 15) is 24.3 Å². The second kappa shape index (κ2) is 10.9.